The zero-order chi connectivity index (χ0) is 13.0. The van der Waals surface area contributed by atoms with Crippen molar-refractivity contribution in [2.24, 2.45) is 5.92 Å². The van der Waals surface area contributed by atoms with Crippen LogP contribution in [0.1, 0.15) is 24.2 Å². The highest BCUT2D eigenvalue weighted by molar-refractivity contribution is 9.09. The van der Waals surface area contributed by atoms with Crippen LogP contribution in [0.15, 0.2) is 18.2 Å². The second-order valence-corrected chi connectivity index (χ2v) is 4.67. The van der Waals surface area contributed by atoms with Crippen molar-refractivity contribution in [3.8, 4) is 0 Å². The molecule has 0 aliphatic rings. The van der Waals surface area contributed by atoms with Gasteiger partial charge in [0.25, 0.3) is 5.91 Å². The molecule has 1 aromatic carbocycles. The molecular formula is C12H14BrF2NO. The summed E-state index contributed by atoms with van der Waals surface area (Å²) in [5, 5.41) is 3.49. The highest BCUT2D eigenvalue weighted by Crippen LogP contribution is 2.10. The molecule has 5 heteroatoms. The van der Waals surface area contributed by atoms with Crippen LogP contribution in [0.3, 0.4) is 0 Å². The molecule has 0 aromatic heterocycles. The molecule has 1 N–H and O–H groups in total. The molecule has 2 unspecified atom stereocenters. The quantitative estimate of drug-likeness (QED) is 0.851. The van der Waals surface area contributed by atoms with E-state index in [0.717, 1.165) is 17.5 Å². The minimum Gasteiger partial charge on any atom is -0.349 e. The molecule has 0 aliphatic carbocycles. The van der Waals surface area contributed by atoms with Crippen LogP contribution in [0.2, 0.25) is 0 Å². The molecule has 0 heterocycles. The monoisotopic (exact) mass is 305 g/mol. The molecule has 17 heavy (non-hydrogen) atoms. The summed E-state index contributed by atoms with van der Waals surface area (Å²) in [4.78, 5) is 11.7. The molecule has 0 saturated heterocycles. The number of benzene rings is 1. The molecule has 1 rings (SSSR count). The second-order valence-electron chi connectivity index (χ2n) is 4.02. The largest absolute Gasteiger partial charge is 0.349 e. The summed E-state index contributed by atoms with van der Waals surface area (Å²) < 4.78 is 25.6. The summed E-state index contributed by atoms with van der Waals surface area (Å²) in [7, 11) is 0. The molecule has 0 fully saturated rings. The van der Waals surface area contributed by atoms with E-state index in [1.54, 1.807) is 0 Å². The Bertz CT molecular complexity index is 411. The molecule has 0 bridgehead atoms. The van der Waals surface area contributed by atoms with Crippen molar-refractivity contribution in [2.75, 3.05) is 5.33 Å². The van der Waals surface area contributed by atoms with Crippen molar-refractivity contribution in [1.82, 2.24) is 5.32 Å². The highest BCUT2D eigenvalue weighted by atomic mass is 79.9. The van der Waals surface area contributed by atoms with E-state index in [4.69, 9.17) is 0 Å². The van der Waals surface area contributed by atoms with Crippen LogP contribution in [-0.2, 0) is 0 Å². The minimum absolute atomic E-state index is 0.0463. The van der Waals surface area contributed by atoms with E-state index in [9.17, 15) is 13.6 Å². The van der Waals surface area contributed by atoms with Gasteiger partial charge in [0, 0.05) is 16.9 Å². The molecule has 2 atom stereocenters. The number of nitrogens with one attached hydrogen (secondary N) is 1. The number of carbonyl (C=O) groups excluding carboxylic acids is 1. The van der Waals surface area contributed by atoms with Crippen LogP contribution in [-0.4, -0.2) is 17.3 Å². The van der Waals surface area contributed by atoms with E-state index in [0.29, 0.717) is 0 Å². The fourth-order valence-corrected chi connectivity index (χ4v) is 1.76. The fourth-order valence-electron chi connectivity index (χ4n) is 1.20. The predicted molar refractivity (Wildman–Crippen MR) is 66.2 cm³/mol. The van der Waals surface area contributed by atoms with Gasteiger partial charge >= 0.3 is 0 Å². The van der Waals surface area contributed by atoms with E-state index in [2.05, 4.69) is 21.2 Å². The van der Waals surface area contributed by atoms with Crippen LogP contribution in [0.4, 0.5) is 8.78 Å². The van der Waals surface area contributed by atoms with Crippen LogP contribution >= 0.6 is 15.9 Å². The first-order valence-electron chi connectivity index (χ1n) is 5.27. The van der Waals surface area contributed by atoms with Gasteiger partial charge in [0.2, 0.25) is 0 Å². The van der Waals surface area contributed by atoms with Gasteiger partial charge < -0.3 is 5.32 Å². The molecule has 1 aromatic rings. The average molecular weight is 306 g/mol. The van der Waals surface area contributed by atoms with Crippen LogP contribution < -0.4 is 5.32 Å². The normalized spacial score (nSPS) is 14.2. The molecule has 94 valence electrons. The fraction of sp³-hybridized carbons (Fsp3) is 0.417. The van der Waals surface area contributed by atoms with Crippen LogP contribution in [0.5, 0.6) is 0 Å². The third-order valence-electron chi connectivity index (χ3n) is 2.64. The number of rotatable bonds is 4. The zero-order valence-corrected chi connectivity index (χ0v) is 11.2. The lowest BCUT2D eigenvalue weighted by atomic mass is 10.1. The first-order valence-corrected chi connectivity index (χ1v) is 6.39. The van der Waals surface area contributed by atoms with Gasteiger partial charge in [-0.3, -0.25) is 4.79 Å². The van der Waals surface area contributed by atoms with Gasteiger partial charge in [-0.25, -0.2) is 8.78 Å². The van der Waals surface area contributed by atoms with E-state index in [1.807, 2.05) is 13.8 Å². The summed E-state index contributed by atoms with van der Waals surface area (Å²) in [6.45, 7) is 3.84. The number of carbonyl (C=O) groups is 1. The van der Waals surface area contributed by atoms with Gasteiger partial charge in [-0.05, 0) is 31.0 Å². The smallest absolute Gasteiger partial charge is 0.251 e. The summed E-state index contributed by atoms with van der Waals surface area (Å²) in [5.74, 6) is -2.12. The number of hydrogen-bond donors (Lipinski definition) is 1. The number of hydrogen-bond acceptors (Lipinski definition) is 1. The van der Waals surface area contributed by atoms with Gasteiger partial charge in [-0.15, -0.1) is 0 Å². The maximum absolute atomic E-state index is 12.9. The maximum Gasteiger partial charge on any atom is 0.251 e. The van der Waals surface area contributed by atoms with Gasteiger partial charge in [0.05, 0.1) is 0 Å². The number of amides is 1. The summed E-state index contributed by atoms with van der Waals surface area (Å²) in [6.07, 6.45) is 0. The predicted octanol–water partition coefficient (Wildman–Crippen LogP) is 3.11. The first kappa shape index (κ1) is 14.1. The molecule has 0 radical (unpaired) electrons. The number of halogens is 3. The SMILES string of the molecule is CC(CBr)C(C)NC(=O)c1ccc(F)c(F)c1. The van der Waals surface area contributed by atoms with Crippen molar-refractivity contribution in [2.45, 2.75) is 19.9 Å². The van der Waals surface area contributed by atoms with Gasteiger partial charge in [0.1, 0.15) is 0 Å². The third kappa shape index (κ3) is 3.77. The Morgan fingerprint density at radius 1 is 1.35 bits per heavy atom. The van der Waals surface area contributed by atoms with E-state index in [-0.39, 0.29) is 17.5 Å². The number of alkyl halides is 1. The van der Waals surface area contributed by atoms with Gasteiger partial charge in [-0.1, -0.05) is 22.9 Å². The minimum atomic E-state index is -1.01. The highest BCUT2D eigenvalue weighted by Gasteiger charge is 2.15. The third-order valence-corrected chi connectivity index (χ3v) is 3.66. The topological polar surface area (TPSA) is 29.1 Å². The Morgan fingerprint density at radius 3 is 2.53 bits per heavy atom. The lowest BCUT2D eigenvalue weighted by Gasteiger charge is -2.19. The second kappa shape index (κ2) is 6.10. The Balaban J connectivity index is 2.73. The average Bonchev–Trinajstić information content (AvgIpc) is 2.31. The Morgan fingerprint density at radius 2 is 2.00 bits per heavy atom. The lowest BCUT2D eigenvalue weighted by Crippen LogP contribution is -2.37. The van der Waals surface area contributed by atoms with E-state index < -0.39 is 17.5 Å². The first-order chi connectivity index (χ1) is 7.95. The van der Waals surface area contributed by atoms with Crippen molar-refractivity contribution in [3.05, 3.63) is 35.4 Å². The Labute approximate surface area is 108 Å². The molecule has 0 spiro atoms. The van der Waals surface area contributed by atoms with E-state index >= 15 is 0 Å². The van der Waals surface area contributed by atoms with Crippen LogP contribution in [0, 0.1) is 17.6 Å². The maximum atomic E-state index is 12.9. The summed E-state index contributed by atoms with van der Waals surface area (Å²) in [6, 6.07) is 3.06. The van der Waals surface area contributed by atoms with Crippen LogP contribution in [0.25, 0.3) is 0 Å². The zero-order valence-electron chi connectivity index (χ0n) is 9.64. The molecule has 2 nitrogen and oxygen atoms in total. The lowest BCUT2D eigenvalue weighted by molar-refractivity contribution is 0.0930. The summed E-state index contributed by atoms with van der Waals surface area (Å²) >= 11 is 3.32. The van der Waals surface area contributed by atoms with Gasteiger partial charge in [-0.2, -0.15) is 0 Å². The standard InChI is InChI=1S/C12H14BrF2NO/c1-7(6-13)8(2)16-12(17)9-3-4-10(14)11(15)5-9/h3-5,7-8H,6H2,1-2H3,(H,16,17). The molecule has 0 saturated carbocycles. The van der Waals surface area contributed by atoms with Crippen molar-refractivity contribution in [3.63, 3.8) is 0 Å². The Hall–Kier alpha value is -0.970. The van der Waals surface area contributed by atoms with Crippen molar-refractivity contribution in [1.29, 1.82) is 0 Å². The molecule has 1 amide bonds. The summed E-state index contributed by atoms with van der Waals surface area (Å²) in [5.41, 5.74) is 0.123. The van der Waals surface area contributed by atoms with Crippen molar-refractivity contribution >= 4 is 21.8 Å². The van der Waals surface area contributed by atoms with E-state index in [1.165, 1.54) is 6.07 Å². The Kier molecular flexibility index (Phi) is 5.05. The van der Waals surface area contributed by atoms with Crippen molar-refractivity contribution < 1.29 is 13.6 Å². The molecular weight excluding hydrogens is 292 g/mol. The van der Waals surface area contributed by atoms with Gasteiger partial charge in [0.15, 0.2) is 11.6 Å². The molecule has 0 aliphatic heterocycles.